The molecule has 0 spiro atoms. The van der Waals surface area contributed by atoms with Gasteiger partial charge in [0.05, 0.1) is 13.2 Å². The molecule has 28 heavy (non-hydrogen) atoms. The van der Waals surface area contributed by atoms with E-state index in [0.29, 0.717) is 24.3 Å². The average molecular weight is 403 g/mol. The standard InChI is InChI=1S/C22H26O5S/c1-4-16(19(23)14-20(24)26-5-2)13-15-7-9-17(10-8-15)18-11-12-28-21(18)22(25)27-6-3/h7-12,16H,4-6,13-14H2,1-3H3. The Bertz CT molecular complexity index is 807. The van der Waals surface area contributed by atoms with Gasteiger partial charge in [-0.25, -0.2) is 4.79 Å². The first kappa shape index (κ1) is 21.8. The van der Waals surface area contributed by atoms with Gasteiger partial charge < -0.3 is 9.47 Å². The number of thiophene rings is 1. The lowest BCUT2D eigenvalue weighted by Gasteiger charge is -2.14. The van der Waals surface area contributed by atoms with Crippen molar-refractivity contribution in [1.82, 2.24) is 0 Å². The van der Waals surface area contributed by atoms with Gasteiger partial charge in [-0.05, 0) is 49.3 Å². The van der Waals surface area contributed by atoms with E-state index >= 15 is 0 Å². The molecule has 1 unspecified atom stereocenters. The van der Waals surface area contributed by atoms with Crippen molar-refractivity contribution in [2.75, 3.05) is 13.2 Å². The second kappa shape index (κ2) is 10.8. The molecule has 1 atom stereocenters. The van der Waals surface area contributed by atoms with Crippen molar-refractivity contribution in [3.05, 3.63) is 46.2 Å². The number of carbonyl (C=O) groups excluding carboxylic acids is 3. The van der Waals surface area contributed by atoms with E-state index in [4.69, 9.17) is 9.47 Å². The molecule has 0 aliphatic carbocycles. The summed E-state index contributed by atoms with van der Waals surface area (Å²) in [5.74, 6) is -1.09. The molecule has 2 aromatic rings. The van der Waals surface area contributed by atoms with Crippen molar-refractivity contribution in [2.45, 2.75) is 40.0 Å². The van der Waals surface area contributed by atoms with Gasteiger partial charge in [-0.1, -0.05) is 31.2 Å². The molecule has 5 nitrogen and oxygen atoms in total. The van der Waals surface area contributed by atoms with Gasteiger partial charge in [-0.15, -0.1) is 11.3 Å². The van der Waals surface area contributed by atoms with Crippen molar-refractivity contribution in [3.8, 4) is 11.1 Å². The second-order valence-corrected chi connectivity index (χ2v) is 7.25. The summed E-state index contributed by atoms with van der Waals surface area (Å²) in [6, 6.07) is 9.72. The van der Waals surface area contributed by atoms with Gasteiger partial charge in [0.15, 0.2) is 0 Å². The minimum Gasteiger partial charge on any atom is -0.466 e. The normalized spacial score (nSPS) is 11.7. The number of hydrogen-bond donors (Lipinski definition) is 0. The number of esters is 2. The van der Waals surface area contributed by atoms with E-state index in [2.05, 4.69) is 0 Å². The number of ketones is 1. The minimum absolute atomic E-state index is 0.0903. The van der Waals surface area contributed by atoms with Crippen molar-refractivity contribution < 1.29 is 23.9 Å². The Labute approximate surface area is 169 Å². The zero-order chi connectivity index (χ0) is 20.5. The molecule has 1 aromatic carbocycles. The van der Waals surface area contributed by atoms with Gasteiger partial charge in [0, 0.05) is 11.5 Å². The largest absolute Gasteiger partial charge is 0.466 e. The summed E-state index contributed by atoms with van der Waals surface area (Å²) >= 11 is 1.36. The maximum absolute atomic E-state index is 12.3. The molecule has 0 aliphatic rings. The fourth-order valence-corrected chi connectivity index (χ4v) is 3.79. The van der Waals surface area contributed by atoms with E-state index in [-0.39, 0.29) is 30.7 Å². The van der Waals surface area contributed by atoms with Gasteiger partial charge in [0.25, 0.3) is 0 Å². The molecule has 0 bridgehead atoms. The Morgan fingerprint density at radius 3 is 2.25 bits per heavy atom. The zero-order valence-corrected chi connectivity index (χ0v) is 17.3. The van der Waals surface area contributed by atoms with Crippen LogP contribution >= 0.6 is 11.3 Å². The van der Waals surface area contributed by atoms with Crippen LogP contribution in [0.3, 0.4) is 0 Å². The summed E-state index contributed by atoms with van der Waals surface area (Å²) in [7, 11) is 0. The molecular formula is C22H26O5S. The molecular weight excluding hydrogens is 376 g/mol. The van der Waals surface area contributed by atoms with Gasteiger partial charge in [0.2, 0.25) is 0 Å². The minimum atomic E-state index is -0.467. The average Bonchev–Trinajstić information content (AvgIpc) is 3.16. The van der Waals surface area contributed by atoms with Gasteiger partial charge >= 0.3 is 11.9 Å². The lowest BCUT2D eigenvalue weighted by molar-refractivity contribution is -0.146. The molecule has 0 radical (unpaired) electrons. The molecule has 0 saturated heterocycles. The van der Waals surface area contributed by atoms with Crippen LogP contribution in [0.1, 0.15) is 48.8 Å². The van der Waals surface area contributed by atoms with E-state index in [1.54, 1.807) is 13.8 Å². The number of Topliss-reactive ketones (excluding diaryl/α,β-unsaturated/α-hetero) is 1. The highest BCUT2D eigenvalue weighted by atomic mass is 32.1. The molecule has 1 aromatic heterocycles. The molecule has 2 rings (SSSR count). The van der Waals surface area contributed by atoms with Crippen LogP contribution in [0, 0.1) is 5.92 Å². The van der Waals surface area contributed by atoms with Crippen LogP contribution in [0.25, 0.3) is 11.1 Å². The maximum atomic E-state index is 12.3. The van der Waals surface area contributed by atoms with Crippen LogP contribution in [-0.2, 0) is 25.5 Å². The lowest BCUT2D eigenvalue weighted by Crippen LogP contribution is -2.21. The van der Waals surface area contributed by atoms with E-state index in [1.807, 2.05) is 42.6 Å². The first-order valence-corrected chi connectivity index (χ1v) is 10.4. The van der Waals surface area contributed by atoms with E-state index in [9.17, 15) is 14.4 Å². The summed E-state index contributed by atoms with van der Waals surface area (Å²) in [4.78, 5) is 36.6. The fourth-order valence-electron chi connectivity index (χ4n) is 2.98. The van der Waals surface area contributed by atoms with Crippen LogP contribution < -0.4 is 0 Å². The molecule has 0 amide bonds. The quantitative estimate of drug-likeness (QED) is 0.426. The summed E-state index contributed by atoms with van der Waals surface area (Å²) < 4.78 is 9.98. The van der Waals surface area contributed by atoms with Gasteiger partial charge in [0.1, 0.15) is 17.1 Å². The number of hydrogen-bond acceptors (Lipinski definition) is 6. The van der Waals surface area contributed by atoms with Crippen LogP contribution in [0.15, 0.2) is 35.7 Å². The van der Waals surface area contributed by atoms with E-state index < -0.39 is 5.97 Å². The van der Waals surface area contributed by atoms with Crippen molar-refractivity contribution in [1.29, 1.82) is 0 Å². The number of carbonyl (C=O) groups is 3. The van der Waals surface area contributed by atoms with Gasteiger partial charge in [-0.2, -0.15) is 0 Å². The van der Waals surface area contributed by atoms with Crippen LogP contribution in [0.2, 0.25) is 0 Å². The molecule has 0 N–H and O–H groups in total. The Morgan fingerprint density at radius 2 is 1.64 bits per heavy atom. The third-order valence-corrected chi connectivity index (χ3v) is 5.34. The highest BCUT2D eigenvalue weighted by Gasteiger charge is 2.21. The van der Waals surface area contributed by atoms with Crippen LogP contribution in [0.5, 0.6) is 0 Å². The number of benzene rings is 1. The third-order valence-electron chi connectivity index (χ3n) is 4.45. The molecule has 6 heteroatoms. The Kier molecular flexibility index (Phi) is 8.39. The lowest BCUT2D eigenvalue weighted by atomic mass is 9.90. The summed E-state index contributed by atoms with van der Waals surface area (Å²) in [6.07, 6.45) is 1.06. The first-order chi connectivity index (χ1) is 13.5. The zero-order valence-electron chi connectivity index (χ0n) is 16.5. The van der Waals surface area contributed by atoms with Crippen LogP contribution in [-0.4, -0.2) is 30.9 Å². The Balaban J connectivity index is 2.08. The smallest absolute Gasteiger partial charge is 0.348 e. The highest BCUT2D eigenvalue weighted by Crippen LogP contribution is 2.29. The molecule has 0 aliphatic heterocycles. The SMILES string of the molecule is CCOC(=O)CC(=O)C(CC)Cc1ccc(-c2ccsc2C(=O)OCC)cc1. The summed E-state index contributed by atoms with van der Waals surface area (Å²) in [5.41, 5.74) is 2.79. The predicted molar refractivity (Wildman–Crippen MR) is 109 cm³/mol. The molecule has 0 saturated carbocycles. The van der Waals surface area contributed by atoms with E-state index in [0.717, 1.165) is 16.7 Å². The highest BCUT2D eigenvalue weighted by molar-refractivity contribution is 7.12. The van der Waals surface area contributed by atoms with Crippen molar-refractivity contribution >= 4 is 29.1 Å². The van der Waals surface area contributed by atoms with Crippen molar-refractivity contribution in [2.24, 2.45) is 5.92 Å². The molecule has 150 valence electrons. The van der Waals surface area contributed by atoms with Crippen LogP contribution in [0.4, 0.5) is 0 Å². The third kappa shape index (κ3) is 5.76. The van der Waals surface area contributed by atoms with E-state index in [1.165, 1.54) is 11.3 Å². The first-order valence-electron chi connectivity index (χ1n) is 9.52. The van der Waals surface area contributed by atoms with Gasteiger partial charge in [-0.3, -0.25) is 9.59 Å². The van der Waals surface area contributed by atoms with Crippen molar-refractivity contribution in [3.63, 3.8) is 0 Å². The Morgan fingerprint density at radius 1 is 0.964 bits per heavy atom. The molecule has 0 fully saturated rings. The summed E-state index contributed by atoms with van der Waals surface area (Å²) in [5, 5.41) is 1.87. The Hall–Kier alpha value is -2.47. The number of rotatable bonds is 10. The summed E-state index contributed by atoms with van der Waals surface area (Å²) in [6.45, 7) is 6.07. The second-order valence-electron chi connectivity index (χ2n) is 6.34. The predicted octanol–water partition coefficient (Wildman–Crippen LogP) is 4.68. The monoisotopic (exact) mass is 402 g/mol. The molecule has 1 heterocycles. The fraction of sp³-hybridized carbons (Fsp3) is 0.409. The topological polar surface area (TPSA) is 69.7 Å². The number of ether oxygens (including phenoxy) is 2. The maximum Gasteiger partial charge on any atom is 0.348 e.